The van der Waals surface area contributed by atoms with E-state index in [4.69, 9.17) is 10.3 Å². The summed E-state index contributed by atoms with van der Waals surface area (Å²) in [6.07, 6.45) is 3.82. The molecule has 1 fully saturated rings. The van der Waals surface area contributed by atoms with E-state index in [9.17, 15) is 8.42 Å². The molecule has 2 rings (SSSR count). The normalized spacial score (nSPS) is 21.1. The molecule has 0 bridgehead atoms. The van der Waals surface area contributed by atoms with Crippen LogP contribution in [0.3, 0.4) is 0 Å². The van der Waals surface area contributed by atoms with E-state index in [2.05, 4.69) is 5.16 Å². The zero-order chi connectivity index (χ0) is 11.6. The number of aromatic nitrogens is 1. The number of hydrogen-bond acceptors (Lipinski definition) is 5. The summed E-state index contributed by atoms with van der Waals surface area (Å²) in [4.78, 5) is 0. The number of rotatable bonds is 3. The first-order valence-corrected chi connectivity index (χ1v) is 7.26. The molecule has 2 N–H and O–H groups in total. The molecular weight excluding hydrogens is 228 g/mol. The molecule has 1 aliphatic heterocycles. The molecule has 0 aromatic carbocycles. The van der Waals surface area contributed by atoms with Crippen molar-refractivity contribution in [2.24, 2.45) is 11.7 Å². The van der Waals surface area contributed by atoms with Crippen LogP contribution < -0.4 is 5.73 Å². The van der Waals surface area contributed by atoms with E-state index in [0.717, 1.165) is 17.7 Å². The first-order valence-electron chi connectivity index (χ1n) is 5.43. The molecule has 0 spiro atoms. The summed E-state index contributed by atoms with van der Waals surface area (Å²) in [5.74, 6) is 1.78. The molecule has 0 amide bonds. The van der Waals surface area contributed by atoms with Crippen molar-refractivity contribution in [2.45, 2.75) is 25.8 Å². The van der Waals surface area contributed by atoms with Crippen LogP contribution in [0.15, 0.2) is 10.7 Å². The Morgan fingerprint density at radius 3 is 2.75 bits per heavy atom. The summed E-state index contributed by atoms with van der Waals surface area (Å²) in [7, 11) is -2.78. The minimum Gasteiger partial charge on any atom is -0.361 e. The molecule has 0 unspecified atom stereocenters. The lowest BCUT2D eigenvalue weighted by Gasteiger charge is -2.20. The minimum atomic E-state index is -2.78. The third-order valence-corrected chi connectivity index (χ3v) is 4.81. The van der Waals surface area contributed by atoms with Gasteiger partial charge in [-0.15, -0.1) is 0 Å². The fourth-order valence-electron chi connectivity index (χ4n) is 2.02. The van der Waals surface area contributed by atoms with Gasteiger partial charge in [0.15, 0.2) is 0 Å². The van der Waals surface area contributed by atoms with Gasteiger partial charge in [0.05, 0.1) is 17.7 Å². The van der Waals surface area contributed by atoms with Crippen LogP contribution in [0, 0.1) is 5.92 Å². The lowest BCUT2D eigenvalue weighted by molar-refractivity contribution is 0.346. The van der Waals surface area contributed by atoms with Gasteiger partial charge in [0.2, 0.25) is 0 Å². The number of nitrogens with two attached hydrogens (primary N) is 1. The zero-order valence-corrected chi connectivity index (χ0v) is 9.87. The van der Waals surface area contributed by atoms with Crippen LogP contribution in [-0.4, -0.2) is 25.1 Å². The second kappa shape index (κ2) is 4.55. The minimum absolute atomic E-state index is 0.295. The van der Waals surface area contributed by atoms with Gasteiger partial charge in [-0.25, -0.2) is 8.42 Å². The molecule has 1 saturated heterocycles. The maximum atomic E-state index is 11.3. The van der Waals surface area contributed by atoms with Gasteiger partial charge in [-0.3, -0.25) is 0 Å². The highest BCUT2D eigenvalue weighted by Crippen LogP contribution is 2.24. The number of sulfone groups is 1. The zero-order valence-electron chi connectivity index (χ0n) is 9.05. The van der Waals surface area contributed by atoms with Crippen LogP contribution in [0.2, 0.25) is 0 Å². The van der Waals surface area contributed by atoms with E-state index in [1.54, 1.807) is 6.20 Å². The van der Waals surface area contributed by atoms with Crippen molar-refractivity contribution in [3.63, 3.8) is 0 Å². The Labute approximate surface area is 94.9 Å². The summed E-state index contributed by atoms with van der Waals surface area (Å²) in [6, 6.07) is 0. The van der Waals surface area contributed by atoms with Crippen LogP contribution in [0.1, 0.15) is 24.2 Å². The average Bonchev–Trinajstić information content (AvgIpc) is 2.68. The molecule has 5 nitrogen and oxygen atoms in total. The van der Waals surface area contributed by atoms with E-state index in [1.165, 1.54) is 0 Å². The smallest absolute Gasteiger partial charge is 0.150 e. The van der Waals surface area contributed by atoms with Crippen molar-refractivity contribution in [1.29, 1.82) is 0 Å². The number of hydrogen-bond donors (Lipinski definition) is 1. The van der Waals surface area contributed by atoms with Crippen molar-refractivity contribution in [1.82, 2.24) is 5.16 Å². The molecule has 1 aromatic heterocycles. The van der Waals surface area contributed by atoms with E-state index in [-0.39, 0.29) is 0 Å². The maximum Gasteiger partial charge on any atom is 0.150 e. The molecule has 1 aromatic rings. The SMILES string of the molecule is NCc1cnoc1CC1CCS(=O)(=O)CC1. The van der Waals surface area contributed by atoms with Crippen LogP contribution in [0.4, 0.5) is 0 Å². The van der Waals surface area contributed by atoms with E-state index in [0.29, 0.717) is 36.8 Å². The van der Waals surface area contributed by atoms with Crippen molar-refractivity contribution in [3.8, 4) is 0 Å². The van der Waals surface area contributed by atoms with E-state index >= 15 is 0 Å². The highest BCUT2D eigenvalue weighted by molar-refractivity contribution is 7.91. The van der Waals surface area contributed by atoms with Crippen molar-refractivity contribution < 1.29 is 12.9 Å². The van der Waals surface area contributed by atoms with Gasteiger partial charge in [-0.1, -0.05) is 5.16 Å². The van der Waals surface area contributed by atoms with Gasteiger partial charge in [-0.05, 0) is 18.8 Å². The topological polar surface area (TPSA) is 86.2 Å². The first-order chi connectivity index (χ1) is 7.61. The molecule has 0 atom stereocenters. The van der Waals surface area contributed by atoms with Gasteiger partial charge in [0, 0.05) is 18.5 Å². The molecule has 0 radical (unpaired) electrons. The molecule has 2 heterocycles. The average molecular weight is 244 g/mol. The highest BCUT2D eigenvalue weighted by Gasteiger charge is 2.25. The van der Waals surface area contributed by atoms with Crippen LogP contribution in [-0.2, 0) is 22.8 Å². The lowest BCUT2D eigenvalue weighted by atomic mass is 9.96. The summed E-state index contributed by atoms with van der Waals surface area (Å²) < 4.78 is 27.7. The van der Waals surface area contributed by atoms with Crippen LogP contribution >= 0.6 is 0 Å². The Morgan fingerprint density at radius 1 is 1.44 bits per heavy atom. The predicted molar refractivity (Wildman–Crippen MR) is 59.5 cm³/mol. The van der Waals surface area contributed by atoms with Crippen molar-refractivity contribution in [3.05, 3.63) is 17.5 Å². The van der Waals surface area contributed by atoms with Gasteiger partial charge in [0.25, 0.3) is 0 Å². The van der Waals surface area contributed by atoms with E-state index in [1.807, 2.05) is 0 Å². The molecule has 90 valence electrons. The summed E-state index contributed by atoms with van der Waals surface area (Å²) in [5.41, 5.74) is 6.47. The Bertz CT molecular complexity index is 438. The molecule has 16 heavy (non-hydrogen) atoms. The van der Waals surface area contributed by atoms with Gasteiger partial charge in [-0.2, -0.15) is 0 Å². The molecule has 1 aliphatic rings. The molecular formula is C10H16N2O3S. The standard InChI is InChI=1S/C10H16N2O3S/c11-6-9-7-12-15-10(9)5-8-1-3-16(13,14)4-2-8/h7-8H,1-6,11H2. The highest BCUT2D eigenvalue weighted by atomic mass is 32.2. The van der Waals surface area contributed by atoms with Gasteiger partial charge < -0.3 is 10.3 Å². The largest absolute Gasteiger partial charge is 0.361 e. The quantitative estimate of drug-likeness (QED) is 0.836. The second-order valence-corrected chi connectivity index (χ2v) is 6.58. The molecule has 0 aliphatic carbocycles. The fraction of sp³-hybridized carbons (Fsp3) is 0.700. The third-order valence-electron chi connectivity index (χ3n) is 3.10. The van der Waals surface area contributed by atoms with Gasteiger partial charge >= 0.3 is 0 Å². The Hall–Kier alpha value is -0.880. The predicted octanol–water partition coefficient (Wildman–Crippen LogP) is 0.501. The number of nitrogens with zero attached hydrogens (tertiary/aromatic N) is 1. The summed E-state index contributed by atoms with van der Waals surface area (Å²) >= 11 is 0. The Kier molecular flexibility index (Phi) is 3.30. The van der Waals surface area contributed by atoms with Crippen molar-refractivity contribution in [2.75, 3.05) is 11.5 Å². The van der Waals surface area contributed by atoms with Crippen LogP contribution in [0.5, 0.6) is 0 Å². The first kappa shape index (κ1) is 11.6. The summed E-state index contributed by atoms with van der Waals surface area (Å²) in [5, 5.41) is 3.71. The maximum absolute atomic E-state index is 11.3. The summed E-state index contributed by atoms with van der Waals surface area (Å²) in [6.45, 7) is 0.420. The Morgan fingerprint density at radius 2 is 2.12 bits per heavy atom. The van der Waals surface area contributed by atoms with Crippen molar-refractivity contribution >= 4 is 9.84 Å². The lowest BCUT2D eigenvalue weighted by Crippen LogP contribution is -2.24. The monoisotopic (exact) mass is 244 g/mol. The third kappa shape index (κ3) is 2.62. The fourth-order valence-corrected chi connectivity index (χ4v) is 3.61. The van der Waals surface area contributed by atoms with E-state index < -0.39 is 9.84 Å². The molecule has 0 saturated carbocycles. The van der Waals surface area contributed by atoms with Gasteiger partial charge in [0.1, 0.15) is 15.6 Å². The molecule has 6 heteroatoms. The Balaban J connectivity index is 1.97. The van der Waals surface area contributed by atoms with Crippen LogP contribution in [0.25, 0.3) is 0 Å². The second-order valence-electron chi connectivity index (χ2n) is 4.28.